The third kappa shape index (κ3) is 3.43. The van der Waals surface area contributed by atoms with Crippen molar-refractivity contribution in [1.82, 2.24) is 4.72 Å². The lowest BCUT2D eigenvalue weighted by molar-refractivity contribution is -0.140. The minimum atomic E-state index is -4.11. The monoisotopic (exact) mass is 465 g/mol. The third-order valence-electron chi connectivity index (χ3n) is 5.47. The minimum absolute atomic E-state index is 0.0251. The Balaban J connectivity index is 1.65. The van der Waals surface area contributed by atoms with Crippen LogP contribution < -0.4 is 4.72 Å². The molecular formula is C21H17ClFNO4S2. The van der Waals surface area contributed by atoms with Crippen molar-refractivity contribution in [3.63, 3.8) is 0 Å². The predicted octanol–water partition coefficient (Wildman–Crippen LogP) is 4.74. The summed E-state index contributed by atoms with van der Waals surface area (Å²) in [6, 6.07) is 16.1. The van der Waals surface area contributed by atoms with Gasteiger partial charge in [0.25, 0.3) is 10.0 Å². The van der Waals surface area contributed by atoms with E-state index in [1.165, 1.54) is 18.2 Å². The Labute approximate surface area is 182 Å². The SMILES string of the molecule is C[C@@H]1[C@H](c2ccccc2)[C@]1(NS(=O)(=O)c1ccc(-c2ccc(Cl)c(F)c2)s1)C(=O)O. The number of carboxylic acids is 1. The molecule has 0 aliphatic heterocycles. The smallest absolute Gasteiger partial charge is 0.325 e. The van der Waals surface area contributed by atoms with Gasteiger partial charge in [0.2, 0.25) is 0 Å². The van der Waals surface area contributed by atoms with Crippen molar-refractivity contribution in [2.75, 3.05) is 0 Å². The molecule has 5 nitrogen and oxygen atoms in total. The van der Waals surface area contributed by atoms with Gasteiger partial charge in [-0.2, -0.15) is 4.72 Å². The minimum Gasteiger partial charge on any atom is -0.480 e. The largest absolute Gasteiger partial charge is 0.480 e. The molecule has 0 spiro atoms. The van der Waals surface area contributed by atoms with Crippen LogP contribution >= 0.6 is 22.9 Å². The second kappa shape index (κ2) is 7.46. The Hall–Kier alpha value is -2.26. The van der Waals surface area contributed by atoms with Gasteiger partial charge in [0, 0.05) is 10.8 Å². The number of hydrogen-bond donors (Lipinski definition) is 2. The van der Waals surface area contributed by atoms with Crippen LogP contribution in [-0.2, 0) is 14.8 Å². The van der Waals surface area contributed by atoms with Crippen LogP contribution in [0, 0.1) is 11.7 Å². The van der Waals surface area contributed by atoms with E-state index in [0.717, 1.165) is 16.9 Å². The highest BCUT2D eigenvalue weighted by Crippen LogP contribution is 2.58. The molecule has 0 radical (unpaired) electrons. The number of aliphatic carboxylic acids is 1. The molecule has 1 fully saturated rings. The fourth-order valence-electron chi connectivity index (χ4n) is 3.84. The molecule has 1 heterocycles. The van der Waals surface area contributed by atoms with Gasteiger partial charge in [-0.1, -0.05) is 54.9 Å². The van der Waals surface area contributed by atoms with Gasteiger partial charge in [-0.3, -0.25) is 4.79 Å². The number of hydrogen-bond acceptors (Lipinski definition) is 4. The average molecular weight is 466 g/mol. The molecule has 3 aromatic rings. The highest BCUT2D eigenvalue weighted by atomic mass is 35.5. The first-order valence-corrected chi connectivity index (χ1v) is 11.7. The Bertz CT molecular complexity index is 1230. The number of halogens is 2. The van der Waals surface area contributed by atoms with Gasteiger partial charge in [0.05, 0.1) is 5.02 Å². The average Bonchev–Trinajstić information content (AvgIpc) is 3.06. The molecule has 9 heteroatoms. The topological polar surface area (TPSA) is 83.5 Å². The summed E-state index contributed by atoms with van der Waals surface area (Å²) in [5, 5.41) is 9.85. The second-order valence-corrected chi connectivity index (χ2v) is 10.6. The van der Waals surface area contributed by atoms with Crippen molar-refractivity contribution in [2.24, 2.45) is 5.92 Å². The van der Waals surface area contributed by atoms with Crippen molar-refractivity contribution in [2.45, 2.75) is 22.6 Å². The summed E-state index contributed by atoms with van der Waals surface area (Å²) < 4.78 is 42.2. The van der Waals surface area contributed by atoms with E-state index in [1.807, 2.05) is 6.07 Å². The maximum absolute atomic E-state index is 13.7. The molecule has 0 bridgehead atoms. The zero-order valence-corrected chi connectivity index (χ0v) is 18.1. The summed E-state index contributed by atoms with van der Waals surface area (Å²) in [7, 11) is -4.11. The zero-order chi connectivity index (χ0) is 21.7. The van der Waals surface area contributed by atoms with Crippen molar-refractivity contribution < 1.29 is 22.7 Å². The maximum Gasteiger partial charge on any atom is 0.325 e. The molecule has 0 saturated heterocycles. The van der Waals surface area contributed by atoms with E-state index in [-0.39, 0.29) is 9.23 Å². The lowest BCUT2D eigenvalue weighted by Gasteiger charge is -2.15. The Kier molecular flexibility index (Phi) is 5.22. The first-order chi connectivity index (χ1) is 14.2. The molecule has 30 heavy (non-hydrogen) atoms. The molecule has 2 aromatic carbocycles. The van der Waals surface area contributed by atoms with E-state index in [9.17, 15) is 22.7 Å². The van der Waals surface area contributed by atoms with Gasteiger partial charge in [-0.15, -0.1) is 11.3 Å². The molecule has 3 atom stereocenters. The maximum atomic E-state index is 13.7. The van der Waals surface area contributed by atoms with Gasteiger partial charge in [0.15, 0.2) is 0 Å². The summed E-state index contributed by atoms with van der Waals surface area (Å²) in [4.78, 5) is 12.6. The summed E-state index contributed by atoms with van der Waals surface area (Å²) in [6.07, 6.45) is 0. The van der Waals surface area contributed by atoms with E-state index in [4.69, 9.17) is 11.6 Å². The molecule has 2 N–H and O–H groups in total. The van der Waals surface area contributed by atoms with Crippen LogP contribution in [0.4, 0.5) is 4.39 Å². The number of rotatable bonds is 6. The van der Waals surface area contributed by atoms with E-state index >= 15 is 0 Å². The lowest BCUT2D eigenvalue weighted by Crippen LogP contribution is -2.45. The van der Waals surface area contributed by atoms with Crippen molar-refractivity contribution in [3.05, 3.63) is 77.1 Å². The second-order valence-electron chi connectivity index (χ2n) is 7.20. The zero-order valence-electron chi connectivity index (χ0n) is 15.7. The van der Waals surface area contributed by atoms with Crippen LogP contribution in [0.2, 0.25) is 5.02 Å². The predicted molar refractivity (Wildman–Crippen MR) is 114 cm³/mol. The fourth-order valence-corrected chi connectivity index (χ4v) is 6.72. The third-order valence-corrected chi connectivity index (χ3v) is 8.88. The molecule has 156 valence electrons. The molecule has 1 saturated carbocycles. The van der Waals surface area contributed by atoms with Gasteiger partial charge in [-0.25, -0.2) is 12.8 Å². The van der Waals surface area contributed by atoms with Gasteiger partial charge < -0.3 is 5.11 Å². The van der Waals surface area contributed by atoms with E-state index in [1.54, 1.807) is 43.3 Å². The van der Waals surface area contributed by atoms with Crippen LogP contribution in [0.5, 0.6) is 0 Å². The Morgan fingerprint density at radius 2 is 1.87 bits per heavy atom. The highest BCUT2D eigenvalue weighted by molar-refractivity contribution is 7.91. The van der Waals surface area contributed by atoms with E-state index in [0.29, 0.717) is 10.4 Å². The van der Waals surface area contributed by atoms with E-state index < -0.39 is 39.2 Å². The normalized spacial score (nSPS) is 23.3. The quantitative estimate of drug-likeness (QED) is 0.550. The first kappa shape index (κ1) is 21.0. The summed E-state index contributed by atoms with van der Waals surface area (Å²) in [5.41, 5.74) is -0.367. The first-order valence-electron chi connectivity index (χ1n) is 9.04. The van der Waals surface area contributed by atoms with Crippen LogP contribution in [0.15, 0.2) is 64.9 Å². The molecule has 1 aromatic heterocycles. The highest BCUT2D eigenvalue weighted by Gasteiger charge is 2.70. The van der Waals surface area contributed by atoms with Crippen LogP contribution in [0.1, 0.15) is 18.4 Å². The molecule has 1 aliphatic carbocycles. The van der Waals surface area contributed by atoms with Gasteiger partial charge >= 0.3 is 5.97 Å². The Morgan fingerprint density at radius 1 is 1.17 bits per heavy atom. The number of sulfonamides is 1. The summed E-state index contributed by atoms with van der Waals surface area (Å²) in [5.74, 6) is -2.72. The summed E-state index contributed by atoms with van der Waals surface area (Å²) in [6.45, 7) is 1.71. The lowest BCUT2D eigenvalue weighted by atomic mass is 10.1. The standard InChI is InChI=1S/C21H17ClFNO4S2/c1-12-19(13-5-3-2-4-6-13)21(12,20(25)26)24-30(27,28)18-10-9-17(29-18)14-7-8-15(22)16(23)11-14/h2-12,19,24H,1H3,(H,25,26)/t12-,19-,21+/m1/s1. The van der Waals surface area contributed by atoms with Gasteiger partial charge in [-0.05, 0) is 41.3 Å². The number of nitrogens with one attached hydrogen (secondary N) is 1. The summed E-state index contributed by atoms with van der Waals surface area (Å²) >= 11 is 6.63. The van der Waals surface area contributed by atoms with Crippen LogP contribution in [-0.4, -0.2) is 25.0 Å². The Morgan fingerprint density at radius 3 is 2.50 bits per heavy atom. The van der Waals surface area contributed by atoms with Crippen LogP contribution in [0.3, 0.4) is 0 Å². The van der Waals surface area contributed by atoms with Crippen molar-refractivity contribution >= 4 is 38.9 Å². The van der Waals surface area contributed by atoms with E-state index in [2.05, 4.69) is 4.72 Å². The van der Waals surface area contributed by atoms with Crippen molar-refractivity contribution in [1.29, 1.82) is 0 Å². The number of carboxylic acid groups (broad SMARTS) is 1. The molecular weight excluding hydrogens is 449 g/mol. The fraction of sp³-hybridized carbons (Fsp3) is 0.190. The van der Waals surface area contributed by atoms with Gasteiger partial charge in [0.1, 0.15) is 15.6 Å². The van der Waals surface area contributed by atoms with Crippen molar-refractivity contribution in [3.8, 4) is 10.4 Å². The molecule has 1 aliphatic rings. The number of carbonyl (C=O) groups is 1. The molecule has 4 rings (SSSR count). The van der Waals surface area contributed by atoms with Crippen LogP contribution in [0.25, 0.3) is 10.4 Å². The number of thiophene rings is 1. The molecule has 0 amide bonds. The molecule has 0 unspecified atom stereocenters. The number of benzene rings is 2.